The Balaban J connectivity index is 1.94. The molecule has 3 nitrogen and oxygen atoms in total. The van der Waals surface area contributed by atoms with Gasteiger partial charge in [0.15, 0.2) is 0 Å². The van der Waals surface area contributed by atoms with E-state index in [1.54, 1.807) is 0 Å². The van der Waals surface area contributed by atoms with Crippen LogP contribution >= 0.6 is 0 Å². The van der Waals surface area contributed by atoms with Gasteiger partial charge in [-0.15, -0.1) is 0 Å². The number of aryl methyl sites for hydroxylation is 1. The summed E-state index contributed by atoms with van der Waals surface area (Å²) in [5, 5.41) is 2.95. The van der Waals surface area contributed by atoms with Crippen LogP contribution in [0.2, 0.25) is 0 Å². The lowest BCUT2D eigenvalue weighted by Crippen LogP contribution is -2.41. The molecule has 1 heterocycles. The molecule has 17 heavy (non-hydrogen) atoms. The minimum Gasteiger partial charge on any atom is -0.324 e. The zero-order valence-corrected chi connectivity index (χ0v) is 10.6. The molecule has 0 bridgehead atoms. The van der Waals surface area contributed by atoms with E-state index in [0.29, 0.717) is 5.92 Å². The third-order valence-electron chi connectivity index (χ3n) is 3.25. The van der Waals surface area contributed by atoms with Crippen LogP contribution in [0.15, 0.2) is 24.3 Å². The van der Waals surface area contributed by atoms with Crippen LogP contribution in [-0.4, -0.2) is 24.0 Å². The van der Waals surface area contributed by atoms with E-state index in [4.69, 9.17) is 0 Å². The summed E-state index contributed by atoms with van der Waals surface area (Å²) in [6.07, 6.45) is 2.34. The van der Waals surface area contributed by atoms with E-state index in [0.717, 1.165) is 25.2 Å². The van der Waals surface area contributed by atoms with Gasteiger partial charge in [-0.1, -0.05) is 24.6 Å². The molecule has 0 unspecified atom stereocenters. The van der Waals surface area contributed by atoms with Crippen LogP contribution < -0.4 is 5.32 Å². The van der Waals surface area contributed by atoms with Gasteiger partial charge in [0.05, 0.1) is 0 Å². The molecule has 1 aliphatic heterocycles. The van der Waals surface area contributed by atoms with Gasteiger partial charge in [0, 0.05) is 18.8 Å². The largest absolute Gasteiger partial charge is 0.324 e. The van der Waals surface area contributed by atoms with E-state index < -0.39 is 0 Å². The summed E-state index contributed by atoms with van der Waals surface area (Å²) in [7, 11) is 0. The van der Waals surface area contributed by atoms with Crippen molar-refractivity contribution in [3.05, 3.63) is 29.8 Å². The number of benzene rings is 1. The summed E-state index contributed by atoms with van der Waals surface area (Å²) >= 11 is 0. The maximum atomic E-state index is 12.0. The topological polar surface area (TPSA) is 32.3 Å². The number of likely N-dealkylation sites (tertiary alicyclic amines) is 1. The molecule has 1 aromatic rings. The Morgan fingerprint density at radius 1 is 1.35 bits per heavy atom. The molecule has 2 amide bonds. The van der Waals surface area contributed by atoms with Gasteiger partial charge in [-0.2, -0.15) is 0 Å². The molecule has 1 N–H and O–H groups in total. The maximum Gasteiger partial charge on any atom is 0.321 e. The third-order valence-corrected chi connectivity index (χ3v) is 3.25. The molecular weight excluding hydrogens is 212 g/mol. The monoisotopic (exact) mass is 232 g/mol. The molecule has 0 spiro atoms. The number of piperidine rings is 1. The first-order valence-electron chi connectivity index (χ1n) is 6.28. The first-order chi connectivity index (χ1) is 8.15. The third kappa shape index (κ3) is 3.22. The standard InChI is InChI=1S/C14H20N2O/c1-11-5-7-13(8-6-11)15-14(17)16-9-3-4-12(2)10-16/h5-8,12H,3-4,9-10H2,1-2H3,(H,15,17)/t12-/m0/s1. The van der Waals surface area contributed by atoms with Crippen LogP contribution in [0, 0.1) is 12.8 Å². The lowest BCUT2D eigenvalue weighted by Gasteiger charge is -2.30. The van der Waals surface area contributed by atoms with Crippen molar-refractivity contribution in [3.63, 3.8) is 0 Å². The second-order valence-electron chi connectivity index (χ2n) is 4.99. The predicted molar refractivity (Wildman–Crippen MR) is 70.2 cm³/mol. The molecule has 1 fully saturated rings. The highest BCUT2D eigenvalue weighted by atomic mass is 16.2. The molecule has 3 heteroatoms. The zero-order chi connectivity index (χ0) is 12.3. The molecule has 1 atom stereocenters. The molecular formula is C14H20N2O. The van der Waals surface area contributed by atoms with E-state index >= 15 is 0 Å². The van der Waals surface area contributed by atoms with Crippen molar-refractivity contribution in [1.29, 1.82) is 0 Å². The second kappa shape index (κ2) is 5.21. The van der Waals surface area contributed by atoms with Crippen molar-refractivity contribution >= 4 is 11.7 Å². The second-order valence-corrected chi connectivity index (χ2v) is 4.99. The van der Waals surface area contributed by atoms with Crippen LogP contribution in [0.25, 0.3) is 0 Å². The Hall–Kier alpha value is -1.51. The number of rotatable bonds is 1. The summed E-state index contributed by atoms with van der Waals surface area (Å²) in [6, 6.07) is 7.93. The summed E-state index contributed by atoms with van der Waals surface area (Å²) < 4.78 is 0. The van der Waals surface area contributed by atoms with Gasteiger partial charge in [0.2, 0.25) is 0 Å². The first kappa shape index (κ1) is 12.0. The average molecular weight is 232 g/mol. The van der Waals surface area contributed by atoms with Gasteiger partial charge in [0.25, 0.3) is 0 Å². The quantitative estimate of drug-likeness (QED) is 0.792. The Morgan fingerprint density at radius 2 is 2.06 bits per heavy atom. The minimum absolute atomic E-state index is 0.0282. The fraction of sp³-hybridized carbons (Fsp3) is 0.500. The smallest absolute Gasteiger partial charge is 0.321 e. The Kier molecular flexibility index (Phi) is 3.67. The number of anilines is 1. The van der Waals surface area contributed by atoms with Gasteiger partial charge < -0.3 is 10.2 Å². The molecule has 0 radical (unpaired) electrons. The highest BCUT2D eigenvalue weighted by molar-refractivity contribution is 5.89. The Labute approximate surface area is 103 Å². The number of nitrogens with one attached hydrogen (secondary N) is 1. The van der Waals surface area contributed by atoms with E-state index in [1.807, 2.05) is 36.1 Å². The first-order valence-corrected chi connectivity index (χ1v) is 6.28. The number of carbonyl (C=O) groups excluding carboxylic acids is 1. The summed E-state index contributed by atoms with van der Waals surface area (Å²) in [5.41, 5.74) is 2.08. The molecule has 1 aromatic carbocycles. The van der Waals surface area contributed by atoms with Crippen LogP contribution in [0.1, 0.15) is 25.3 Å². The van der Waals surface area contributed by atoms with Gasteiger partial charge >= 0.3 is 6.03 Å². The van der Waals surface area contributed by atoms with Gasteiger partial charge in [0.1, 0.15) is 0 Å². The SMILES string of the molecule is Cc1ccc(NC(=O)N2CCC[C@H](C)C2)cc1. The molecule has 2 rings (SSSR count). The number of urea groups is 1. The van der Waals surface area contributed by atoms with Gasteiger partial charge in [-0.3, -0.25) is 0 Å². The maximum absolute atomic E-state index is 12.0. The lowest BCUT2D eigenvalue weighted by atomic mass is 10.0. The molecule has 92 valence electrons. The number of amides is 2. The predicted octanol–water partition coefficient (Wildman–Crippen LogP) is 3.26. The summed E-state index contributed by atoms with van der Waals surface area (Å²) in [5.74, 6) is 0.618. The molecule has 1 saturated heterocycles. The van der Waals surface area contributed by atoms with Crippen molar-refractivity contribution in [3.8, 4) is 0 Å². The molecule has 1 aliphatic rings. The van der Waals surface area contributed by atoms with E-state index in [1.165, 1.54) is 12.0 Å². The van der Waals surface area contributed by atoms with Crippen molar-refractivity contribution in [1.82, 2.24) is 4.90 Å². The van der Waals surface area contributed by atoms with Crippen LogP contribution in [-0.2, 0) is 0 Å². The summed E-state index contributed by atoms with van der Waals surface area (Å²) in [6.45, 7) is 5.99. The molecule has 0 saturated carbocycles. The van der Waals surface area contributed by atoms with Gasteiger partial charge in [-0.25, -0.2) is 4.79 Å². The van der Waals surface area contributed by atoms with Crippen LogP contribution in [0.3, 0.4) is 0 Å². The van der Waals surface area contributed by atoms with Crippen molar-refractivity contribution < 1.29 is 4.79 Å². The summed E-state index contributed by atoms with van der Waals surface area (Å²) in [4.78, 5) is 13.9. The van der Waals surface area contributed by atoms with Crippen molar-refractivity contribution in [2.75, 3.05) is 18.4 Å². The van der Waals surface area contributed by atoms with Crippen LogP contribution in [0.5, 0.6) is 0 Å². The van der Waals surface area contributed by atoms with Crippen LogP contribution in [0.4, 0.5) is 10.5 Å². The zero-order valence-electron chi connectivity index (χ0n) is 10.6. The van der Waals surface area contributed by atoms with E-state index in [2.05, 4.69) is 12.2 Å². The normalized spacial score (nSPS) is 20.1. The molecule has 0 aromatic heterocycles. The van der Waals surface area contributed by atoms with Gasteiger partial charge in [-0.05, 0) is 37.8 Å². The average Bonchev–Trinajstić information content (AvgIpc) is 2.32. The number of hydrogen-bond acceptors (Lipinski definition) is 1. The highest BCUT2D eigenvalue weighted by Crippen LogP contribution is 2.17. The fourth-order valence-electron chi connectivity index (χ4n) is 2.21. The van der Waals surface area contributed by atoms with Crippen molar-refractivity contribution in [2.24, 2.45) is 5.92 Å². The van der Waals surface area contributed by atoms with E-state index in [9.17, 15) is 4.79 Å². The molecule has 0 aliphatic carbocycles. The lowest BCUT2D eigenvalue weighted by molar-refractivity contribution is 0.182. The Bertz CT molecular complexity index is 386. The number of carbonyl (C=O) groups is 1. The van der Waals surface area contributed by atoms with Crippen molar-refractivity contribution in [2.45, 2.75) is 26.7 Å². The van der Waals surface area contributed by atoms with E-state index in [-0.39, 0.29) is 6.03 Å². The number of nitrogens with zero attached hydrogens (tertiary/aromatic N) is 1. The number of hydrogen-bond donors (Lipinski definition) is 1. The highest BCUT2D eigenvalue weighted by Gasteiger charge is 2.20. The Morgan fingerprint density at radius 3 is 2.71 bits per heavy atom. The fourth-order valence-corrected chi connectivity index (χ4v) is 2.21. The minimum atomic E-state index is 0.0282.